The van der Waals surface area contributed by atoms with Gasteiger partial charge in [-0.15, -0.1) is 0 Å². The van der Waals surface area contributed by atoms with Crippen LogP contribution in [-0.2, 0) is 6.54 Å². The molecule has 2 rings (SSSR count). The minimum atomic E-state index is 0.841. The van der Waals surface area contributed by atoms with Crippen LogP contribution in [-0.4, -0.2) is 28.3 Å². The molecule has 0 bridgehead atoms. The van der Waals surface area contributed by atoms with Crippen LogP contribution in [0.5, 0.6) is 0 Å². The van der Waals surface area contributed by atoms with Gasteiger partial charge in [-0.05, 0) is 43.2 Å². The van der Waals surface area contributed by atoms with Crippen LogP contribution in [0.1, 0.15) is 12.1 Å². The average Bonchev–Trinajstić information content (AvgIpc) is 2.88. The summed E-state index contributed by atoms with van der Waals surface area (Å²) >= 11 is 1.89. The Kier molecular flexibility index (Phi) is 5.30. The van der Waals surface area contributed by atoms with Gasteiger partial charge in [-0.3, -0.25) is 0 Å². The van der Waals surface area contributed by atoms with Crippen LogP contribution in [0.3, 0.4) is 0 Å². The van der Waals surface area contributed by atoms with Gasteiger partial charge in [-0.25, -0.2) is 4.68 Å². The molecule has 1 heterocycles. The van der Waals surface area contributed by atoms with Crippen LogP contribution in [0.25, 0.3) is 5.69 Å². The Bertz CT molecular complexity index is 453. The van der Waals surface area contributed by atoms with Gasteiger partial charge in [0, 0.05) is 12.7 Å². The topological polar surface area (TPSA) is 29.9 Å². The van der Waals surface area contributed by atoms with Gasteiger partial charge in [-0.1, -0.05) is 18.2 Å². The third-order valence-corrected chi connectivity index (χ3v) is 3.37. The lowest BCUT2D eigenvalue weighted by atomic mass is 10.3. The molecule has 96 valence electrons. The van der Waals surface area contributed by atoms with Crippen LogP contribution in [0, 0.1) is 0 Å². The lowest BCUT2D eigenvalue weighted by molar-refractivity contribution is 0.659. The van der Waals surface area contributed by atoms with Gasteiger partial charge in [-0.2, -0.15) is 16.9 Å². The molecule has 2 aromatic rings. The standard InChI is InChI=1S/C14H19N3S/c1-18-11-5-9-15-12-13-8-10-17(16-13)14-6-3-2-4-7-14/h2-4,6-8,10,15H,5,9,11-12H2,1H3. The van der Waals surface area contributed by atoms with Crippen molar-refractivity contribution < 1.29 is 0 Å². The van der Waals surface area contributed by atoms with Crippen molar-refractivity contribution in [2.45, 2.75) is 13.0 Å². The van der Waals surface area contributed by atoms with Gasteiger partial charge in [0.15, 0.2) is 0 Å². The van der Waals surface area contributed by atoms with Crippen LogP contribution in [0.2, 0.25) is 0 Å². The quantitative estimate of drug-likeness (QED) is 0.777. The number of thioether (sulfide) groups is 1. The van der Waals surface area contributed by atoms with Crippen molar-refractivity contribution in [3.05, 3.63) is 48.3 Å². The molecule has 0 spiro atoms. The highest BCUT2D eigenvalue weighted by molar-refractivity contribution is 7.98. The van der Waals surface area contributed by atoms with E-state index < -0.39 is 0 Å². The zero-order chi connectivity index (χ0) is 12.6. The lowest BCUT2D eigenvalue weighted by Gasteiger charge is -2.02. The molecule has 1 N–H and O–H groups in total. The molecule has 0 aliphatic rings. The second kappa shape index (κ2) is 7.24. The first-order valence-corrected chi connectivity index (χ1v) is 7.59. The summed E-state index contributed by atoms with van der Waals surface area (Å²) in [5.41, 5.74) is 2.19. The second-order valence-electron chi connectivity index (χ2n) is 4.11. The minimum Gasteiger partial charge on any atom is -0.311 e. The molecule has 0 fully saturated rings. The summed E-state index contributed by atoms with van der Waals surface area (Å²) in [6.45, 7) is 1.90. The number of benzene rings is 1. The van der Waals surface area contributed by atoms with Gasteiger partial charge in [0.25, 0.3) is 0 Å². The van der Waals surface area contributed by atoms with E-state index in [4.69, 9.17) is 0 Å². The van der Waals surface area contributed by atoms with E-state index in [0.717, 1.165) is 24.5 Å². The number of aromatic nitrogens is 2. The van der Waals surface area contributed by atoms with E-state index in [1.165, 1.54) is 12.2 Å². The van der Waals surface area contributed by atoms with Gasteiger partial charge < -0.3 is 5.32 Å². The molecule has 0 unspecified atom stereocenters. The number of rotatable bonds is 7. The Morgan fingerprint density at radius 3 is 2.83 bits per heavy atom. The van der Waals surface area contributed by atoms with Gasteiger partial charge >= 0.3 is 0 Å². The second-order valence-corrected chi connectivity index (χ2v) is 5.10. The molecule has 18 heavy (non-hydrogen) atoms. The fourth-order valence-corrected chi connectivity index (χ4v) is 2.17. The molecule has 0 saturated carbocycles. The van der Waals surface area contributed by atoms with Crippen molar-refractivity contribution in [3.8, 4) is 5.69 Å². The smallest absolute Gasteiger partial charge is 0.0766 e. The summed E-state index contributed by atoms with van der Waals surface area (Å²) in [6.07, 6.45) is 5.36. The highest BCUT2D eigenvalue weighted by Crippen LogP contribution is 2.06. The predicted octanol–water partition coefficient (Wildman–Crippen LogP) is 2.72. The molecular weight excluding hydrogens is 242 g/mol. The molecule has 0 saturated heterocycles. The first kappa shape index (κ1) is 13.2. The number of hydrogen-bond acceptors (Lipinski definition) is 3. The van der Waals surface area contributed by atoms with Crippen molar-refractivity contribution >= 4 is 11.8 Å². The van der Waals surface area contributed by atoms with Crippen molar-refractivity contribution in [3.63, 3.8) is 0 Å². The van der Waals surface area contributed by atoms with Gasteiger partial charge in [0.2, 0.25) is 0 Å². The Labute approximate surface area is 113 Å². The summed E-state index contributed by atoms with van der Waals surface area (Å²) in [6, 6.07) is 12.2. The molecule has 0 radical (unpaired) electrons. The normalized spacial score (nSPS) is 10.7. The average molecular weight is 261 g/mol. The summed E-state index contributed by atoms with van der Waals surface area (Å²) in [4.78, 5) is 0. The number of hydrogen-bond donors (Lipinski definition) is 1. The van der Waals surface area contributed by atoms with E-state index in [9.17, 15) is 0 Å². The molecule has 3 nitrogen and oxygen atoms in total. The van der Waals surface area contributed by atoms with Crippen LogP contribution < -0.4 is 5.32 Å². The summed E-state index contributed by atoms with van der Waals surface area (Å²) in [5.74, 6) is 1.21. The zero-order valence-corrected chi connectivity index (χ0v) is 11.5. The molecule has 0 amide bonds. The summed E-state index contributed by atoms with van der Waals surface area (Å²) in [7, 11) is 0. The molecule has 0 aliphatic heterocycles. The lowest BCUT2D eigenvalue weighted by Crippen LogP contribution is -2.15. The largest absolute Gasteiger partial charge is 0.311 e. The monoisotopic (exact) mass is 261 g/mol. The Balaban J connectivity index is 1.83. The predicted molar refractivity (Wildman–Crippen MR) is 78.3 cm³/mol. The Morgan fingerprint density at radius 2 is 2.06 bits per heavy atom. The third-order valence-electron chi connectivity index (χ3n) is 2.67. The number of nitrogens with one attached hydrogen (secondary N) is 1. The fraction of sp³-hybridized carbons (Fsp3) is 0.357. The van der Waals surface area contributed by atoms with Gasteiger partial charge in [0.05, 0.1) is 11.4 Å². The van der Waals surface area contributed by atoms with Crippen molar-refractivity contribution in [2.24, 2.45) is 0 Å². The minimum absolute atomic E-state index is 0.841. The zero-order valence-electron chi connectivity index (χ0n) is 10.7. The van der Waals surface area contributed by atoms with Gasteiger partial charge in [0.1, 0.15) is 0 Å². The Morgan fingerprint density at radius 1 is 1.22 bits per heavy atom. The van der Waals surface area contributed by atoms with Crippen LogP contribution in [0.15, 0.2) is 42.6 Å². The molecule has 1 aromatic carbocycles. The first-order valence-electron chi connectivity index (χ1n) is 6.20. The highest BCUT2D eigenvalue weighted by atomic mass is 32.2. The summed E-state index contributed by atoms with van der Waals surface area (Å²) < 4.78 is 1.92. The van der Waals surface area contributed by atoms with Crippen molar-refractivity contribution in [1.29, 1.82) is 0 Å². The SMILES string of the molecule is CSCCCNCc1ccn(-c2ccccc2)n1. The van der Waals surface area contributed by atoms with Crippen molar-refractivity contribution in [2.75, 3.05) is 18.6 Å². The van der Waals surface area contributed by atoms with E-state index in [2.05, 4.69) is 34.9 Å². The fourth-order valence-electron chi connectivity index (χ4n) is 1.74. The van der Waals surface area contributed by atoms with Crippen LogP contribution in [0.4, 0.5) is 0 Å². The molecular formula is C14H19N3S. The third kappa shape index (κ3) is 3.89. The van der Waals surface area contributed by atoms with E-state index in [-0.39, 0.29) is 0 Å². The number of nitrogens with zero attached hydrogens (tertiary/aromatic N) is 2. The summed E-state index contributed by atoms with van der Waals surface area (Å²) in [5, 5.41) is 7.96. The molecule has 4 heteroatoms. The molecule has 0 aliphatic carbocycles. The van der Waals surface area contributed by atoms with E-state index in [1.54, 1.807) is 0 Å². The number of para-hydroxylation sites is 1. The Hall–Kier alpha value is -1.26. The maximum Gasteiger partial charge on any atom is 0.0766 e. The van der Waals surface area contributed by atoms with E-state index in [1.807, 2.05) is 40.8 Å². The van der Waals surface area contributed by atoms with Crippen molar-refractivity contribution in [1.82, 2.24) is 15.1 Å². The highest BCUT2D eigenvalue weighted by Gasteiger charge is 2.00. The van der Waals surface area contributed by atoms with E-state index >= 15 is 0 Å². The molecule has 1 aromatic heterocycles. The maximum atomic E-state index is 4.55. The molecule has 0 atom stereocenters. The maximum absolute atomic E-state index is 4.55. The van der Waals surface area contributed by atoms with Crippen LogP contribution >= 0.6 is 11.8 Å². The van der Waals surface area contributed by atoms with E-state index in [0.29, 0.717) is 0 Å². The first-order chi connectivity index (χ1) is 8.90.